The molecule has 1 amide bonds. The summed E-state index contributed by atoms with van der Waals surface area (Å²) < 4.78 is 39.9. The van der Waals surface area contributed by atoms with Crippen LogP contribution in [0.4, 0.5) is 19.0 Å². The highest BCUT2D eigenvalue weighted by molar-refractivity contribution is 6.03. The van der Waals surface area contributed by atoms with Crippen LogP contribution in [0.15, 0.2) is 48.8 Å². The Morgan fingerprint density at radius 1 is 1.06 bits per heavy atom. The van der Waals surface area contributed by atoms with Crippen molar-refractivity contribution in [3.63, 3.8) is 0 Å². The second-order valence-electron chi connectivity index (χ2n) is 8.05. The van der Waals surface area contributed by atoms with Crippen LogP contribution in [0.25, 0.3) is 5.65 Å². The first-order valence-electron chi connectivity index (χ1n) is 9.82. The number of halogens is 3. The molecule has 4 aromatic rings. The van der Waals surface area contributed by atoms with Gasteiger partial charge < -0.3 is 9.72 Å². The summed E-state index contributed by atoms with van der Waals surface area (Å²) in [6.45, 7) is 4.18. The highest BCUT2D eigenvalue weighted by Crippen LogP contribution is 2.30. The van der Waals surface area contributed by atoms with Crippen LogP contribution in [0.1, 0.15) is 47.6 Å². The van der Waals surface area contributed by atoms with E-state index < -0.39 is 17.6 Å². The van der Waals surface area contributed by atoms with E-state index in [9.17, 15) is 18.0 Å². The zero-order chi connectivity index (χ0) is 22.9. The maximum atomic E-state index is 12.9. The van der Waals surface area contributed by atoms with Crippen molar-refractivity contribution in [2.45, 2.75) is 38.3 Å². The molecule has 0 atom stereocenters. The van der Waals surface area contributed by atoms with E-state index in [0.29, 0.717) is 23.5 Å². The summed E-state index contributed by atoms with van der Waals surface area (Å²) in [6, 6.07) is 9.38. The van der Waals surface area contributed by atoms with Gasteiger partial charge in [-0.3, -0.25) is 4.79 Å². The van der Waals surface area contributed by atoms with E-state index >= 15 is 0 Å². The van der Waals surface area contributed by atoms with E-state index in [1.54, 1.807) is 12.1 Å². The van der Waals surface area contributed by atoms with Crippen LogP contribution in [0.3, 0.4) is 0 Å². The van der Waals surface area contributed by atoms with Crippen LogP contribution in [0, 0.1) is 0 Å². The molecular formula is C21H20F3N7O. The van der Waals surface area contributed by atoms with Crippen LogP contribution < -0.4 is 5.32 Å². The van der Waals surface area contributed by atoms with E-state index in [1.807, 2.05) is 12.1 Å². The number of nitrogens with zero attached hydrogens (tertiary/aromatic N) is 5. The number of H-pyrrole nitrogens is 1. The van der Waals surface area contributed by atoms with Gasteiger partial charge in [0.2, 0.25) is 0 Å². The predicted octanol–water partition coefficient (Wildman–Crippen LogP) is 4.03. The Morgan fingerprint density at radius 3 is 2.44 bits per heavy atom. The number of anilines is 1. The first kappa shape index (κ1) is 21.5. The Balaban J connectivity index is 1.44. The van der Waals surface area contributed by atoms with Gasteiger partial charge in [-0.05, 0) is 41.7 Å². The quantitative estimate of drug-likeness (QED) is 0.469. The molecule has 3 heterocycles. The number of hydrogen-bond acceptors (Lipinski definition) is 5. The molecule has 0 saturated carbocycles. The fourth-order valence-corrected chi connectivity index (χ4v) is 3.34. The molecule has 0 bridgehead atoms. The first-order chi connectivity index (χ1) is 15.1. The van der Waals surface area contributed by atoms with E-state index in [-0.39, 0.29) is 11.2 Å². The van der Waals surface area contributed by atoms with E-state index in [2.05, 4.69) is 44.8 Å². The van der Waals surface area contributed by atoms with E-state index in [1.165, 1.54) is 16.7 Å². The molecule has 2 N–H and O–H groups in total. The van der Waals surface area contributed by atoms with E-state index in [4.69, 9.17) is 0 Å². The third-order valence-electron chi connectivity index (χ3n) is 5.31. The molecule has 1 aromatic carbocycles. The van der Waals surface area contributed by atoms with Crippen molar-refractivity contribution in [1.82, 2.24) is 30.0 Å². The third-order valence-corrected chi connectivity index (χ3v) is 5.31. The zero-order valence-electron chi connectivity index (χ0n) is 17.3. The fourth-order valence-electron chi connectivity index (χ4n) is 3.34. The number of hydrogen-bond donors (Lipinski definition) is 2. The monoisotopic (exact) mass is 443 g/mol. The second kappa shape index (κ2) is 8.06. The van der Waals surface area contributed by atoms with Crippen LogP contribution in [0.2, 0.25) is 0 Å². The normalized spacial score (nSPS) is 12.3. The highest BCUT2D eigenvalue weighted by Gasteiger charge is 2.31. The Morgan fingerprint density at radius 2 is 1.78 bits per heavy atom. The Kier molecular flexibility index (Phi) is 5.41. The summed E-state index contributed by atoms with van der Waals surface area (Å²) in [7, 11) is 0. The van der Waals surface area contributed by atoms with Gasteiger partial charge >= 0.3 is 6.18 Å². The lowest BCUT2D eigenvalue weighted by molar-refractivity contribution is -0.137. The first-order valence-corrected chi connectivity index (χ1v) is 9.82. The van der Waals surface area contributed by atoms with Crippen molar-refractivity contribution in [2.24, 2.45) is 0 Å². The van der Waals surface area contributed by atoms with Crippen molar-refractivity contribution in [2.75, 3.05) is 5.32 Å². The molecule has 0 saturated heterocycles. The maximum absolute atomic E-state index is 12.9. The number of benzene rings is 1. The number of amides is 1. The number of carbonyl (C=O) groups excluding carboxylic acids is 1. The van der Waals surface area contributed by atoms with Crippen molar-refractivity contribution in [1.29, 1.82) is 0 Å². The molecule has 4 rings (SSSR count). The van der Waals surface area contributed by atoms with Gasteiger partial charge in [0.1, 0.15) is 5.65 Å². The van der Waals surface area contributed by atoms with Gasteiger partial charge in [-0.2, -0.15) is 18.4 Å². The predicted molar refractivity (Wildman–Crippen MR) is 110 cm³/mol. The van der Waals surface area contributed by atoms with Gasteiger partial charge in [0.05, 0.1) is 11.8 Å². The number of carbonyl (C=O) groups is 1. The molecule has 0 unspecified atom stereocenters. The summed E-state index contributed by atoms with van der Waals surface area (Å²) in [5.41, 5.74) is 0.790. The SMILES string of the molecule is CC(C)(CCc1nn[nH]n1)c1ccc(C(=O)Nc2cn3cc(C(F)(F)F)ccc3n2)cc1. The molecule has 32 heavy (non-hydrogen) atoms. The number of rotatable bonds is 6. The summed E-state index contributed by atoms with van der Waals surface area (Å²) in [5, 5.41) is 16.5. The lowest BCUT2D eigenvalue weighted by Crippen LogP contribution is -2.19. The fraction of sp³-hybridized carbons (Fsp3) is 0.286. The molecule has 0 aliphatic carbocycles. The molecule has 8 nitrogen and oxygen atoms in total. The Hall–Kier alpha value is -3.76. The second-order valence-corrected chi connectivity index (χ2v) is 8.05. The molecular weight excluding hydrogens is 423 g/mol. The van der Waals surface area contributed by atoms with Gasteiger partial charge in [0, 0.05) is 18.2 Å². The van der Waals surface area contributed by atoms with Crippen LogP contribution in [-0.4, -0.2) is 35.9 Å². The van der Waals surface area contributed by atoms with Gasteiger partial charge in [-0.25, -0.2) is 4.98 Å². The molecule has 3 aromatic heterocycles. The minimum atomic E-state index is -4.46. The van der Waals surface area contributed by atoms with Crippen LogP contribution in [-0.2, 0) is 18.0 Å². The number of imidazole rings is 1. The Labute approximate surface area is 180 Å². The number of aromatic nitrogens is 6. The molecule has 166 valence electrons. The van der Waals surface area contributed by atoms with Crippen LogP contribution in [0.5, 0.6) is 0 Å². The lowest BCUT2D eigenvalue weighted by atomic mass is 9.80. The molecule has 0 aliphatic heterocycles. The third kappa shape index (κ3) is 4.61. The summed E-state index contributed by atoms with van der Waals surface area (Å²) >= 11 is 0. The number of fused-ring (bicyclic) bond motifs is 1. The lowest BCUT2D eigenvalue weighted by Gasteiger charge is -2.24. The number of aromatic amines is 1. The van der Waals surface area contributed by atoms with Gasteiger partial charge in [-0.15, -0.1) is 10.2 Å². The maximum Gasteiger partial charge on any atom is 0.417 e. The Bertz CT molecular complexity index is 1230. The van der Waals surface area contributed by atoms with Crippen molar-refractivity contribution < 1.29 is 18.0 Å². The molecule has 0 radical (unpaired) electrons. The van der Waals surface area contributed by atoms with Crippen molar-refractivity contribution in [3.05, 3.63) is 71.3 Å². The van der Waals surface area contributed by atoms with Crippen molar-refractivity contribution >= 4 is 17.4 Å². The minimum Gasteiger partial charge on any atom is -0.305 e. The highest BCUT2D eigenvalue weighted by atomic mass is 19.4. The topological polar surface area (TPSA) is 101 Å². The average molecular weight is 443 g/mol. The molecule has 0 aliphatic rings. The zero-order valence-corrected chi connectivity index (χ0v) is 17.3. The van der Waals surface area contributed by atoms with Gasteiger partial charge in [0.15, 0.2) is 11.6 Å². The number of pyridine rings is 1. The number of alkyl halides is 3. The molecule has 0 spiro atoms. The number of nitrogens with one attached hydrogen (secondary N) is 2. The summed E-state index contributed by atoms with van der Waals surface area (Å²) in [6.07, 6.45) is -0.723. The number of aryl methyl sites for hydroxylation is 1. The molecule has 0 fully saturated rings. The number of tetrazole rings is 1. The summed E-state index contributed by atoms with van der Waals surface area (Å²) in [5.74, 6) is 0.406. The largest absolute Gasteiger partial charge is 0.417 e. The standard InChI is InChI=1S/C21H20F3N7O/c1-20(2,10-9-16-27-29-30-28-16)14-5-3-13(4-6-14)19(32)26-17-12-31-11-15(21(22,23)24)7-8-18(31)25-17/h3-8,11-12H,9-10H2,1-2H3,(H,26,32)(H,27,28,29,30). The van der Waals surface area contributed by atoms with Crippen LogP contribution >= 0.6 is 0 Å². The van der Waals surface area contributed by atoms with Gasteiger partial charge in [-0.1, -0.05) is 31.2 Å². The summed E-state index contributed by atoms with van der Waals surface area (Å²) in [4.78, 5) is 16.7. The minimum absolute atomic E-state index is 0.166. The molecule has 11 heteroatoms. The van der Waals surface area contributed by atoms with Crippen molar-refractivity contribution in [3.8, 4) is 0 Å². The van der Waals surface area contributed by atoms with Gasteiger partial charge in [0.25, 0.3) is 5.91 Å². The smallest absolute Gasteiger partial charge is 0.305 e. The van der Waals surface area contributed by atoms with E-state index in [0.717, 1.165) is 24.2 Å². The average Bonchev–Trinajstić information content (AvgIpc) is 3.40.